The van der Waals surface area contributed by atoms with Crippen molar-refractivity contribution in [3.63, 3.8) is 0 Å². The third-order valence-electron chi connectivity index (χ3n) is 1.97. The maximum atomic E-state index is 13.2. The Morgan fingerprint density at radius 1 is 1.60 bits per heavy atom. The quantitative estimate of drug-likeness (QED) is 0.885. The topological polar surface area (TPSA) is 55.5 Å². The van der Waals surface area contributed by atoms with Gasteiger partial charge in [0, 0.05) is 5.56 Å². The molecule has 0 amide bonds. The lowest BCUT2D eigenvalue weighted by Gasteiger charge is -2.16. The standard InChI is InChI=1S/C10H13BrFNO2/c1-2-15-10-6(8(13)5-14)3-4-7(12)9(10)11/h3-4,8,14H,2,5,13H2,1H3. The van der Waals surface area contributed by atoms with Crippen LogP contribution in [0.1, 0.15) is 18.5 Å². The molecule has 0 aliphatic heterocycles. The van der Waals surface area contributed by atoms with Gasteiger partial charge in [-0.3, -0.25) is 0 Å². The number of halogens is 2. The Labute approximate surface area is 96.2 Å². The van der Waals surface area contributed by atoms with Crippen LogP contribution in [0.5, 0.6) is 5.75 Å². The summed E-state index contributed by atoms with van der Waals surface area (Å²) in [5.41, 5.74) is 6.26. The summed E-state index contributed by atoms with van der Waals surface area (Å²) in [5, 5.41) is 8.95. The molecule has 15 heavy (non-hydrogen) atoms. The third-order valence-corrected chi connectivity index (χ3v) is 2.70. The Balaban J connectivity index is 3.20. The van der Waals surface area contributed by atoms with Crippen molar-refractivity contribution in [2.75, 3.05) is 13.2 Å². The number of aliphatic hydroxyl groups is 1. The van der Waals surface area contributed by atoms with Gasteiger partial charge < -0.3 is 15.6 Å². The highest BCUT2D eigenvalue weighted by Crippen LogP contribution is 2.34. The first-order chi connectivity index (χ1) is 7.11. The molecule has 3 nitrogen and oxygen atoms in total. The monoisotopic (exact) mass is 277 g/mol. The molecule has 1 aromatic carbocycles. The molecule has 0 spiro atoms. The predicted octanol–water partition coefficient (Wildman–Crippen LogP) is 1.98. The van der Waals surface area contributed by atoms with Crippen molar-refractivity contribution in [1.82, 2.24) is 0 Å². The Kier molecular flexibility index (Phi) is 4.50. The minimum atomic E-state index is -0.566. The number of rotatable bonds is 4. The van der Waals surface area contributed by atoms with Crippen molar-refractivity contribution in [2.45, 2.75) is 13.0 Å². The first-order valence-corrected chi connectivity index (χ1v) is 5.38. The molecular weight excluding hydrogens is 265 g/mol. The fourth-order valence-corrected chi connectivity index (χ4v) is 1.70. The highest BCUT2D eigenvalue weighted by Gasteiger charge is 2.16. The van der Waals surface area contributed by atoms with Gasteiger partial charge in [-0.1, -0.05) is 6.07 Å². The lowest BCUT2D eigenvalue weighted by Crippen LogP contribution is -2.16. The maximum absolute atomic E-state index is 13.2. The van der Waals surface area contributed by atoms with Crippen LogP contribution in [0.25, 0.3) is 0 Å². The fraction of sp³-hybridized carbons (Fsp3) is 0.400. The molecule has 1 unspecified atom stereocenters. The molecule has 0 radical (unpaired) electrons. The van der Waals surface area contributed by atoms with Crippen molar-refractivity contribution in [2.24, 2.45) is 5.73 Å². The van der Waals surface area contributed by atoms with E-state index in [2.05, 4.69) is 15.9 Å². The van der Waals surface area contributed by atoms with Crippen LogP contribution in [-0.2, 0) is 0 Å². The van der Waals surface area contributed by atoms with Gasteiger partial charge in [0.15, 0.2) is 0 Å². The summed E-state index contributed by atoms with van der Waals surface area (Å²) in [6.45, 7) is 2.00. The minimum absolute atomic E-state index is 0.210. The van der Waals surface area contributed by atoms with Crippen LogP contribution in [0, 0.1) is 5.82 Å². The molecule has 5 heteroatoms. The summed E-state index contributed by atoms with van der Waals surface area (Å²) in [6, 6.07) is 2.24. The van der Waals surface area contributed by atoms with Crippen molar-refractivity contribution >= 4 is 15.9 Å². The van der Waals surface area contributed by atoms with Crippen molar-refractivity contribution < 1.29 is 14.2 Å². The van der Waals surface area contributed by atoms with Crippen LogP contribution in [0.15, 0.2) is 16.6 Å². The molecule has 1 rings (SSSR count). The van der Waals surface area contributed by atoms with Gasteiger partial charge in [-0.2, -0.15) is 0 Å². The average molecular weight is 278 g/mol. The first-order valence-electron chi connectivity index (χ1n) is 4.59. The summed E-state index contributed by atoms with van der Waals surface area (Å²) in [7, 11) is 0. The summed E-state index contributed by atoms with van der Waals surface area (Å²) in [6.07, 6.45) is 0. The van der Waals surface area contributed by atoms with Gasteiger partial charge >= 0.3 is 0 Å². The van der Waals surface area contributed by atoms with Gasteiger partial charge in [0.2, 0.25) is 0 Å². The lowest BCUT2D eigenvalue weighted by molar-refractivity contribution is 0.261. The lowest BCUT2D eigenvalue weighted by atomic mass is 10.1. The average Bonchev–Trinajstić information content (AvgIpc) is 2.24. The molecule has 0 aliphatic carbocycles. The predicted molar refractivity (Wildman–Crippen MR) is 59.3 cm³/mol. The number of aliphatic hydroxyl groups excluding tert-OH is 1. The van der Waals surface area contributed by atoms with Crippen LogP contribution in [-0.4, -0.2) is 18.3 Å². The molecule has 0 aliphatic rings. The Morgan fingerprint density at radius 2 is 2.27 bits per heavy atom. The van der Waals surface area contributed by atoms with Crippen molar-refractivity contribution in [1.29, 1.82) is 0 Å². The van der Waals surface area contributed by atoms with Crippen LogP contribution in [0.3, 0.4) is 0 Å². The van der Waals surface area contributed by atoms with E-state index < -0.39 is 11.9 Å². The highest BCUT2D eigenvalue weighted by molar-refractivity contribution is 9.10. The number of hydrogen-bond acceptors (Lipinski definition) is 3. The summed E-state index contributed by atoms with van der Waals surface area (Å²) >= 11 is 3.09. The second kappa shape index (κ2) is 5.44. The van der Waals surface area contributed by atoms with E-state index in [1.807, 2.05) is 0 Å². The number of ether oxygens (including phenoxy) is 1. The summed E-state index contributed by atoms with van der Waals surface area (Å²) in [5.74, 6) is -0.0496. The molecule has 0 fully saturated rings. The molecule has 1 atom stereocenters. The first kappa shape index (κ1) is 12.4. The van der Waals surface area contributed by atoms with Gasteiger partial charge in [-0.25, -0.2) is 4.39 Å². The van der Waals surface area contributed by atoms with E-state index in [9.17, 15) is 4.39 Å². The van der Waals surface area contributed by atoms with Crippen LogP contribution in [0.4, 0.5) is 4.39 Å². The maximum Gasteiger partial charge on any atom is 0.141 e. The summed E-state index contributed by atoms with van der Waals surface area (Å²) in [4.78, 5) is 0. The zero-order valence-electron chi connectivity index (χ0n) is 8.34. The molecule has 0 bridgehead atoms. The van der Waals surface area contributed by atoms with Crippen molar-refractivity contribution in [3.8, 4) is 5.75 Å². The van der Waals surface area contributed by atoms with Gasteiger partial charge in [-0.05, 0) is 28.9 Å². The zero-order chi connectivity index (χ0) is 11.4. The van der Waals surface area contributed by atoms with E-state index in [-0.39, 0.29) is 11.1 Å². The number of nitrogens with two attached hydrogens (primary N) is 1. The highest BCUT2D eigenvalue weighted by atomic mass is 79.9. The largest absolute Gasteiger partial charge is 0.492 e. The van der Waals surface area contributed by atoms with Crippen LogP contribution >= 0.6 is 15.9 Å². The van der Waals surface area contributed by atoms with Gasteiger partial charge in [0.1, 0.15) is 11.6 Å². The Bertz CT molecular complexity index is 346. The molecule has 1 aromatic rings. The van der Waals surface area contributed by atoms with E-state index in [0.717, 1.165) is 0 Å². The molecule has 0 aromatic heterocycles. The Hall–Kier alpha value is -0.650. The van der Waals surface area contributed by atoms with E-state index in [1.165, 1.54) is 12.1 Å². The molecule has 0 heterocycles. The zero-order valence-corrected chi connectivity index (χ0v) is 9.92. The van der Waals surface area contributed by atoms with E-state index in [0.29, 0.717) is 17.9 Å². The van der Waals surface area contributed by atoms with Gasteiger partial charge in [0.25, 0.3) is 0 Å². The van der Waals surface area contributed by atoms with Crippen LogP contribution in [0.2, 0.25) is 0 Å². The normalized spacial score (nSPS) is 12.6. The number of hydrogen-bond donors (Lipinski definition) is 2. The fourth-order valence-electron chi connectivity index (χ4n) is 1.23. The van der Waals surface area contributed by atoms with E-state index >= 15 is 0 Å². The smallest absolute Gasteiger partial charge is 0.141 e. The van der Waals surface area contributed by atoms with Gasteiger partial charge in [-0.15, -0.1) is 0 Å². The van der Waals surface area contributed by atoms with Gasteiger partial charge in [0.05, 0.1) is 23.7 Å². The minimum Gasteiger partial charge on any atom is -0.492 e. The van der Waals surface area contributed by atoms with Crippen LogP contribution < -0.4 is 10.5 Å². The second-order valence-electron chi connectivity index (χ2n) is 3.00. The third kappa shape index (κ3) is 2.68. The Morgan fingerprint density at radius 3 is 2.80 bits per heavy atom. The second-order valence-corrected chi connectivity index (χ2v) is 3.79. The molecular formula is C10H13BrFNO2. The summed E-state index contributed by atoms with van der Waals surface area (Å²) < 4.78 is 18.8. The number of benzene rings is 1. The van der Waals surface area contributed by atoms with Crippen molar-refractivity contribution in [3.05, 3.63) is 28.0 Å². The SMILES string of the molecule is CCOc1c(C(N)CO)ccc(F)c1Br. The van der Waals surface area contributed by atoms with E-state index in [1.54, 1.807) is 6.92 Å². The molecule has 84 valence electrons. The molecule has 0 saturated carbocycles. The molecule has 3 N–H and O–H groups in total. The van der Waals surface area contributed by atoms with E-state index in [4.69, 9.17) is 15.6 Å². The molecule has 0 saturated heterocycles.